The second-order valence-electron chi connectivity index (χ2n) is 7.29. The van der Waals surface area contributed by atoms with E-state index in [0.717, 1.165) is 25.1 Å². The van der Waals surface area contributed by atoms with Gasteiger partial charge in [0.15, 0.2) is 0 Å². The number of nitrogens with one attached hydrogen (secondary N) is 1. The van der Waals surface area contributed by atoms with Crippen molar-refractivity contribution in [3.8, 4) is 0 Å². The zero-order chi connectivity index (χ0) is 21.9. The standard InChI is InChI=1S/C20H23F4N3O2S/c1-26-6-3-7-27(9-8-26)30(28,29)19-5-2-4-18(13-19)25-14-15-10-16(20(22,23)24)12-17(21)11-15/h2,4-5,10-13,25H,3,6-9,14H2,1H3. The van der Waals surface area contributed by atoms with E-state index in [-0.39, 0.29) is 17.0 Å². The molecule has 1 fully saturated rings. The Morgan fingerprint density at radius 2 is 1.80 bits per heavy atom. The molecule has 0 unspecified atom stereocenters. The topological polar surface area (TPSA) is 52.7 Å². The van der Waals surface area contributed by atoms with Crippen LogP contribution in [-0.4, -0.2) is 50.8 Å². The van der Waals surface area contributed by atoms with Crippen LogP contribution in [0.1, 0.15) is 17.5 Å². The van der Waals surface area contributed by atoms with Crippen molar-refractivity contribution in [2.45, 2.75) is 24.0 Å². The van der Waals surface area contributed by atoms with Crippen molar-refractivity contribution in [3.05, 3.63) is 59.4 Å². The van der Waals surface area contributed by atoms with Gasteiger partial charge >= 0.3 is 6.18 Å². The molecule has 1 saturated heterocycles. The van der Waals surface area contributed by atoms with Crippen molar-refractivity contribution in [3.63, 3.8) is 0 Å². The Kier molecular flexibility index (Phi) is 6.68. The number of halogens is 4. The van der Waals surface area contributed by atoms with E-state index in [2.05, 4.69) is 10.2 Å². The van der Waals surface area contributed by atoms with Gasteiger partial charge < -0.3 is 10.2 Å². The van der Waals surface area contributed by atoms with Gasteiger partial charge in [-0.3, -0.25) is 0 Å². The molecule has 0 aliphatic carbocycles. The third-order valence-electron chi connectivity index (χ3n) is 4.93. The third-order valence-corrected chi connectivity index (χ3v) is 6.83. The molecule has 1 heterocycles. The Bertz CT molecular complexity index is 996. The highest BCUT2D eigenvalue weighted by Crippen LogP contribution is 2.30. The molecule has 0 saturated carbocycles. The molecule has 30 heavy (non-hydrogen) atoms. The number of alkyl halides is 3. The number of sulfonamides is 1. The van der Waals surface area contributed by atoms with Crippen molar-refractivity contribution in [2.75, 3.05) is 38.5 Å². The van der Waals surface area contributed by atoms with Crippen LogP contribution in [0, 0.1) is 5.82 Å². The Morgan fingerprint density at radius 1 is 1.03 bits per heavy atom. The summed E-state index contributed by atoms with van der Waals surface area (Å²) in [5, 5.41) is 2.88. The number of likely N-dealkylation sites (N-methyl/N-ethyl adjacent to an activating group) is 1. The molecule has 0 radical (unpaired) electrons. The van der Waals surface area contributed by atoms with Crippen LogP contribution in [0.5, 0.6) is 0 Å². The zero-order valence-electron chi connectivity index (χ0n) is 16.4. The summed E-state index contributed by atoms with van der Waals surface area (Å²) in [4.78, 5) is 2.18. The number of hydrogen-bond acceptors (Lipinski definition) is 4. The summed E-state index contributed by atoms with van der Waals surface area (Å²) in [6.07, 6.45) is -3.92. The second-order valence-corrected chi connectivity index (χ2v) is 9.23. The summed E-state index contributed by atoms with van der Waals surface area (Å²) < 4.78 is 79.5. The van der Waals surface area contributed by atoms with Crippen LogP contribution in [0.3, 0.4) is 0 Å². The SMILES string of the molecule is CN1CCCN(S(=O)(=O)c2cccc(NCc3cc(F)cc(C(F)(F)F)c3)c2)CC1. The Morgan fingerprint density at radius 3 is 2.53 bits per heavy atom. The Labute approximate surface area is 173 Å². The number of anilines is 1. The van der Waals surface area contributed by atoms with Crippen molar-refractivity contribution in [1.29, 1.82) is 0 Å². The van der Waals surface area contributed by atoms with Crippen LogP contribution in [0.4, 0.5) is 23.2 Å². The van der Waals surface area contributed by atoms with Crippen molar-refractivity contribution >= 4 is 15.7 Å². The number of hydrogen-bond donors (Lipinski definition) is 1. The van der Waals surface area contributed by atoms with E-state index in [9.17, 15) is 26.0 Å². The molecule has 0 aromatic heterocycles. The molecule has 2 aromatic rings. The second kappa shape index (κ2) is 8.91. The molecule has 1 aliphatic heterocycles. The summed E-state index contributed by atoms with van der Waals surface area (Å²) in [5.74, 6) is -0.982. The minimum Gasteiger partial charge on any atom is -0.381 e. The summed E-state index contributed by atoms with van der Waals surface area (Å²) in [6.45, 7) is 2.19. The molecule has 5 nitrogen and oxygen atoms in total. The molecule has 0 spiro atoms. The minimum atomic E-state index is -4.65. The molecular formula is C20H23F4N3O2S. The fraction of sp³-hybridized carbons (Fsp3) is 0.400. The van der Waals surface area contributed by atoms with Gasteiger partial charge in [0.1, 0.15) is 5.82 Å². The first-order valence-electron chi connectivity index (χ1n) is 9.45. The fourth-order valence-corrected chi connectivity index (χ4v) is 4.82. The highest BCUT2D eigenvalue weighted by molar-refractivity contribution is 7.89. The first-order chi connectivity index (χ1) is 14.1. The summed E-state index contributed by atoms with van der Waals surface area (Å²) in [5.41, 5.74) is -0.547. The summed E-state index contributed by atoms with van der Waals surface area (Å²) >= 11 is 0. The fourth-order valence-electron chi connectivity index (χ4n) is 3.30. The van der Waals surface area contributed by atoms with Gasteiger partial charge in [0.05, 0.1) is 10.5 Å². The maximum atomic E-state index is 13.6. The monoisotopic (exact) mass is 445 g/mol. The minimum absolute atomic E-state index is 0.0845. The molecular weight excluding hydrogens is 422 g/mol. The molecule has 2 aromatic carbocycles. The molecule has 0 atom stereocenters. The van der Waals surface area contributed by atoms with Crippen LogP contribution in [0.25, 0.3) is 0 Å². The summed E-state index contributed by atoms with van der Waals surface area (Å²) in [6, 6.07) is 8.41. The van der Waals surface area contributed by atoms with E-state index in [0.29, 0.717) is 31.4 Å². The molecule has 0 amide bonds. The highest BCUT2D eigenvalue weighted by Gasteiger charge is 2.31. The van der Waals surface area contributed by atoms with Crippen LogP contribution in [0.2, 0.25) is 0 Å². The highest BCUT2D eigenvalue weighted by atomic mass is 32.2. The van der Waals surface area contributed by atoms with Gasteiger partial charge in [-0.15, -0.1) is 0 Å². The van der Waals surface area contributed by atoms with Crippen LogP contribution >= 0.6 is 0 Å². The van der Waals surface area contributed by atoms with E-state index >= 15 is 0 Å². The molecule has 1 aliphatic rings. The van der Waals surface area contributed by atoms with Gasteiger partial charge in [0.2, 0.25) is 10.0 Å². The maximum absolute atomic E-state index is 13.6. The lowest BCUT2D eigenvalue weighted by Crippen LogP contribution is -2.34. The summed E-state index contributed by atoms with van der Waals surface area (Å²) in [7, 11) is -1.75. The quantitative estimate of drug-likeness (QED) is 0.712. The van der Waals surface area contributed by atoms with Crippen molar-refractivity contribution in [1.82, 2.24) is 9.21 Å². The normalized spacial score (nSPS) is 17.0. The molecule has 0 bridgehead atoms. The number of benzene rings is 2. The van der Waals surface area contributed by atoms with Crippen LogP contribution in [-0.2, 0) is 22.7 Å². The third kappa shape index (κ3) is 5.50. The maximum Gasteiger partial charge on any atom is 0.416 e. The average molecular weight is 445 g/mol. The van der Waals surface area contributed by atoms with Crippen molar-refractivity contribution in [2.24, 2.45) is 0 Å². The largest absolute Gasteiger partial charge is 0.416 e. The Balaban J connectivity index is 1.75. The molecule has 164 valence electrons. The van der Waals surface area contributed by atoms with Crippen LogP contribution < -0.4 is 5.32 Å². The van der Waals surface area contributed by atoms with Crippen LogP contribution in [0.15, 0.2) is 47.4 Å². The average Bonchev–Trinajstić information content (AvgIpc) is 2.90. The first kappa shape index (κ1) is 22.5. The van der Waals surface area contributed by atoms with Gasteiger partial charge in [-0.05, 0) is 62.0 Å². The zero-order valence-corrected chi connectivity index (χ0v) is 17.2. The van der Waals surface area contributed by atoms with E-state index in [1.807, 2.05) is 7.05 Å². The van der Waals surface area contributed by atoms with E-state index in [1.165, 1.54) is 16.4 Å². The van der Waals surface area contributed by atoms with Gasteiger partial charge in [-0.2, -0.15) is 17.5 Å². The van der Waals surface area contributed by atoms with Gasteiger partial charge in [-0.1, -0.05) is 6.07 Å². The lowest BCUT2D eigenvalue weighted by molar-refractivity contribution is -0.137. The first-order valence-corrected chi connectivity index (χ1v) is 10.9. The smallest absolute Gasteiger partial charge is 0.381 e. The Hall–Kier alpha value is -2.17. The molecule has 10 heteroatoms. The van der Waals surface area contributed by atoms with Gasteiger partial charge in [0, 0.05) is 31.9 Å². The number of rotatable bonds is 5. The lowest BCUT2D eigenvalue weighted by atomic mass is 10.1. The van der Waals surface area contributed by atoms with E-state index in [1.54, 1.807) is 12.1 Å². The predicted octanol–water partition coefficient (Wildman–Crippen LogP) is 3.78. The van der Waals surface area contributed by atoms with E-state index in [4.69, 9.17) is 0 Å². The lowest BCUT2D eigenvalue weighted by Gasteiger charge is -2.20. The van der Waals surface area contributed by atoms with Gasteiger partial charge in [0.25, 0.3) is 0 Å². The van der Waals surface area contributed by atoms with Gasteiger partial charge in [-0.25, -0.2) is 12.8 Å². The molecule has 1 N–H and O–H groups in total. The molecule has 3 rings (SSSR count). The predicted molar refractivity (Wildman–Crippen MR) is 106 cm³/mol. The van der Waals surface area contributed by atoms with Crippen molar-refractivity contribution < 1.29 is 26.0 Å². The van der Waals surface area contributed by atoms with E-state index < -0.39 is 27.6 Å². The number of nitrogens with zero attached hydrogens (tertiary/aromatic N) is 2.